The van der Waals surface area contributed by atoms with E-state index < -0.39 is 6.10 Å². The largest absolute Gasteiger partial charge is 0.384 e. The summed E-state index contributed by atoms with van der Waals surface area (Å²) in [6.45, 7) is 1.70. The van der Waals surface area contributed by atoms with Gasteiger partial charge in [0.2, 0.25) is 0 Å². The van der Waals surface area contributed by atoms with E-state index >= 15 is 0 Å². The maximum absolute atomic E-state index is 13.4. The van der Waals surface area contributed by atoms with Gasteiger partial charge in [0, 0.05) is 3.57 Å². The molecule has 0 bridgehead atoms. The third kappa shape index (κ3) is 2.84. The summed E-state index contributed by atoms with van der Waals surface area (Å²) in [6.07, 6.45) is -0.776. The molecular weight excluding hydrogens is 330 g/mol. The minimum atomic E-state index is -0.776. The standard InChI is InChI=1S/C14H12FIO/c1-9-2-3-11(8-13(9)15)14(17)10-4-6-12(16)7-5-10/h2-8,14,17H,1H3. The van der Waals surface area contributed by atoms with Gasteiger partial charge < -0.3 is 5.11 Å². The average Bonchev–Trinajstić information content (AvgIpc) is 2.33. The topological polar surface area (TPSA) is 20.2 Å². The molecule has 0 aliphatic rings. The van der Waals surface area contributed by atoms with E-state index in [1.807, 2.05) is 24.3 Å². The number of benzene rings is 2. The molecule has 0 saturated carbocycles. The smallest absolute Gasteiger partial charge is 0.126 e. The lowest BCUT2D eigenvalue weighted by molar-refractivity contribution is 0.220. The number of aryl methyl sites for hydroxylation is 1. The summed E-state index contributed by atoms with van der Waals surface area (Å²) in [7, 11) is 0. The second kappa shape index (κ2) is 5.14. The van der Waals surface area contributed by atoms with E-state index in [1.165, 1.54) is 6.07 Å². The highest BCUT2D eigenvalue weighted by atomic mass is 127. The van der Waals surface area contributed by atoms with Crippen molar-refractivity contribution in [1.29, 1.82) is 0 Å². The van der Waals surface area contributed by atoms with E-state index in [-0.39, 0.29) is 5.82 Å². The summed E-state index contributed by atoms with van der Waals surface area (Å²) in [5.74, 6) is -0.285. The van der Waals surface area contributed by atoms with Gasteiger partial charge in [-0.15, -0.1) is 0 Å². The van der Waals surface area contributed by atoms with Crippen molar-refractivity contribution in [3.63, 3.8) is 0 Å². The zero-order valence-electron chi connectivity index (χ0n) is 9.32. The van der Waals surface area contributed by atoms with Gasteiger partial charge in [0.25, 0.3) is 0 Å². The quantitative estimate of drug-likeness (QED) is 0.823. The zero-order chi connectivity index (χ0) is 12.4. The van der Waals surface area contributed by atoms with Crippen LogP contribution in [0.2, 0.25) is 0 Å². The summed E-state index contributed by atoms with van der Waals surface area (Å²) in [4.78, 5) is 0. The molecule has 0 spiro atoms. The Morgan fingerprint density at radius 2 is 1.65 bits per heavy atom. The predicted octanol–water partition coefficient (Wildman–Crippen LogP) is 3.82. The number of hydrogen-bond acceptors (Lipinski definition) is 1. The van der Waals surface area contributed by atoms with Crippen LogP contribution in [-0.2, 0) is 0 Å². The van der Waals surface area contributed by atoms with Crippen LogP contribution in [0.4, 0.5) is 4.39 Å². The Kier molecular flexibility index (Phi) is 3.79. The van der Waals surface area contributed by atoms with Crippen LogP contribution in [0.15, 0.2) is 42.5 Å². The van der Waals surface area contributed by atoms with E-state index in [2.05, 4.69) is 22.6 Å². The number of aliphatic hydroxyl groups excluding tert-OH is 1. The van der Waals surface area contributed by atoms with Crippen molar-refractivity contribution < 1.29 is 9.50 Å². The number of aliphatic hydroxyl groups is 1. The van der Waals surface area contributed by atoms with E-state index in [0.29, 0.717) is 11.1 Å². The molecule has 1 N–H and O–H groups in total. The van der Waals surface area contributed by atoms with Gasteiger partial charge in [-0.05, 0) is 64.4 Å². The number of rotatable bonds is 2. The van der Waals surface area contributed by atoms with E-state index in [9.17, 15) is 9.50 Å². The fraction of sp³-hybridized carbons (Fsp3) is 0.143. The fourth-order valence-corrected chi connectivity index (χ4v) is 1.98. The molecule has 88 valence electrons. The van der Waals surface area contributed by atoms with Crippen molar-refractivity contribution in [2.75, 3.05) is 0 Å². The van der Waals surface area contributed by atoms with Crippen LogP contribution in [-0.4, -0.2) is 5.11 Å². The Bertz CT molecular complexity index is 522. The maximum Gasteiger partial charge on any atom is 0.126 e. The van der Waals surface area contributed by atoms with Gasteiger partial charge in [-0.1, -0.05) is 24.3 Å². The molecule has 1 nitrogen and oxygen atoms in total. The monoisotopic (exact) mass is 342 g/mol. The molecular formula is C14H12FIO. The van der Waals surface area contributed by atoms with Crippen molar-refractivity contribution in [2.45, 2.75) is 13.0 Å². The molecule has 2 rings (SSSR count). The van der Waals surface area contributed by atoms with Gasteiger partial charge in [0.1, 0.15) is 11.9 Å². The van der Waals surface area contributed by atoms with Crippen molar-refractivity contribution >= 4 is 22.6 Å². The molecule has 0 aliphatic carbocycles. The van der Waals surface area contributed by atoms with E-state index in [1.54, 1.807) is 19.1 Å². The second-order valence-electron chi connectivity index (χ2n) is 3.96. The molecule has 3 heteroatoms. The lowest BCUT2D eigenvalue weighted by atomic mass is 10.0. The highest BCUT2D eigenvalue weighted by Crippen LogP contribution is 2.24. The fourth-order valence-electron chi connectivity index (χ4n) is 1.62. The Morgan fingerprint density at radius 1 is 1.06 bits per heavy atom. The molecule has 0 fully saturated rings. The zero-order valence-corrected chi connectivity index (χ0v) is 11.5. The molecule has 2 aromatic rings. The first-order valence-electron chi connectivity index (χ1n) is 5.27. The third-order valence-electron chi connectivity index (χ3n) is 2.70. The first-order chi connectivity index (χ1) is 8.08. The maximum atomic E-state index is 13.4. The van der Waals surface area contributed by atoms with Crippen molar-refractivity contribution in [2.24, 2.45) is 0 Å². The Balaban J connectivity index is 2.33. The lowest BCUT2D eigenvalue weighted by Gasteiger charge is -2.12. The van der Waals surface area contributed by atoms with Gasteiger partial charge >= 0.3 is 0 Å². The second-order valence-corrected chi connectivity index (χ2v) is 5.21. The first-order valence-corrected chi connectivity index (χ1v) is 6.35. The molecule has 0 aliphatic heterocycles. The van der Waals surface area contributed by atoms with Gasteiger partial charge in [0.15, 0.2) is 0 Å². The molecule has 0 saturated heterocycles. The minimum absolute atomic E-state index is 0.285. The highest BCUT2D eigenvalue weighted by Gasteiger charge is 2.11. The molecule has 1 unspecified atom stereocenters. The average molecular weight is 342 g/mol. The van der Waals surface area contributed by atoms with Crippen molar-refractivity contribution in [3.8, 4) is 0 Å². The van der Waals surface area contributed by atoms with Gasteiger partial charge in [-0.3, -0.25) is 0 Å². The Hall–Kier alpha value is -0.940. The van der Waals surface area contributed by atoms with Crippen molar-refractivity contribution in [1.82, 2.24) is 0 Å². The van der Waals surface area contributed by atoms with E-state index in [0.717, 1.165) is 9.13 Å². The molecule has 0 amide bonds. The molecule has 2 aromatic carbocycles. The van der Waals surface area contributed by atoms with Crippen LogP contribution >= 0.6 is 22.6 Å². The van der Waals surface area contributed by atoms with Crippen LogP contribution < -0.4 is 0 Å². The third-order valence-corrected chi connectivity index (χ3v) is 3.42. The predicted molar refractivity (Wildman–Crippen MR) is 74.4 cm³/mol. The van der Waals surface area contributed by atoms with Crippen LogP contribution in [0.1, 0.15) is 22.8 Å². The van der Waals surface area contributed by atoms with Crippen LogP contribution in [0, 0.1) is 16.3 Å². The van der Waals surface area contributed by atoms with Crippen LogP contribution in [0.3, 0.4) is 0 Å². The SMILES string of the molecule is Cc1ccc(C(O)c2ccc(I)cc2)cc1F. The molecule has 17 heavy (non-hydrogen) atoms. The highest BCUT2D eigenvalue weighted by molar-refractivity contribution is 14.1. The van der Waals surface area contributed by atoms with Crippen molar-refractivity contribution in [3.05, 3.63) is 68.5 Å². The van der Waals surface area contributed by atoms with Crippen LogP contribution in [0.25, 0.3) is 0 Å². The molecule has 0 aromatic heterocycles. The molecule has 1 atom stereocenters. The summed E-state index contributed by atoms with van der Waals surface area (Å²) in [5, 5.41) is 10.1. The summed E-state index contributed by atoms with van der Waals surface area (Å²) < 4.78 is 14.5. The lowest BCUT2D eigenvalue weighted by Crippen LogP contribution is -2.00. The normalized spacial score (nSPS) is 12.5. The molecule has 0 radical (unpaired) electrons. The minimum Gasteiger partial charge on any atom is -0.384 e. The Labute approximate surface area is 113 Å². The van der Waals surface area contributed by atoms with Gasteiger partial charge in [-0.2, -0.15) is 0 Å². The van der Waals surface area contributed by atoms with Crippen LogP contribution in [0.5, 0.6) is 0 Å². The first kappa shape index (κ1) is 12.5. The Morgan fingerprint density at radius 3 is 2.24 bits per heavy atom. The number of halogens is 2. The number of hydrogen-bond donors (Lipinski definition) is 1. The summed E-state index contributed by atoms with van der Waals surface area (Å²) in [6, 6.07) is 12.4. The summed E-state index contributed by atoms with van der Waals surface area (Å²) in [5.41, 5.74) is 1.94. The summed E-state index contributed by atoms with van der Waals surface area (Å²) >= 11 is 2.20. The van der Waals surface area contributed by atoms with E-state index in [4.69, 9.17) is 0 Å². The van der Waals surface area contributed by atoms with Gasteiger partial charge in [-0.25, -0.2) is 4.39 Å². The molecule has 0 heterocycles. The van der Waals surface area contributed by atoms with Gasteiger partial charge in [0.05, 0.1) is 0 Å².